The summed E-state index contributed by atoms with van der Waals surface area (Å²) in [5.74, 6) is 0.981. The predicted octanol–water partition coefficient (Wildman–Crippen LogP) is 2.24. The number of likely N-dealkylation sites (N-methyl/N-ethyl adjacent to an activating group) is 1. The third kappa shape index (κ3) is 3.66. The highest BCUT2D eigenvalue weighted by Gasteiger charge is 2.45. The van der Waals surface area contributed by atoms with Gasteiger partial charge in [0.25, 0.3) is 0 Å². The Bertz CT molecular complexity index is 827. The van der Waals surface area contributed by atoms with Crippen LogP contribution in [0.2, 0.25) is 0 Å². The van der Waals surface area contributed by atoms with E-state index in [4.69, 9.17) is 0 Å². The maximum atomic E-state index is 12.7. The lowest BCUT2D eigenvalue weighted by molar-refractivity contribution is -0.134. The van der Waals surface area contributed by atoms with Crippen molar-refractivity contribution in [1.82, 2.24) is 25.1 Å². The monoisotopic (exact) mass is 379 g/mol. The van der Waals surface area contributed by atoms with E-state index in [0.29, 0.717) is 0 Å². The smallest absolute Gasteiger partial charge is 0.240 e. The van der Waals surface area contributed by atoms with Crippen LogP contribution in [0.4, 0.5) is 0 Å². The number of nitrogens with one attached hydrogen (secondary N) is 1. The summed E-state index contributed by atoms with van der Waals surface area (Å²) in [6.45, 7) is 6.51. The minimum Gasteiger partial charge on any atom is -0.354 e. The molecular formula is C22H29N5O. The van der Waals surface area contributed by atoms with Crippen LogP contribution in [-0.4, -0.2) is 64.4 Å². The van der Waals surface area contributed by atoms with Crippen LogP contribution in [0.5, 0.6) is 0 Å². The first-order valence-electron chi connectivity index (χ1n) is 10.2. The van der Waals surface area contributed by atoms with Crippen molar-refractivity contribution in [3.63, 3.8) is 0 Å². The molecule has 1 N–H and O–H groups in total. The molecule has 6 nitrogen and oxygen atoms in total. The number of likely N-dealkylation sites (tertiary alicyclic amines) is 1. The molecule has 1 aromatic heterocycles. The zero-order valence-electron chi connectivity index (χ0n) is 16.8. The van der Waals surface area contributed by atoms with E-state index >= 15 is 0 Å². The molecular weight excluding hydrogens is 350 g/mol. The summed E-state index contributed by atoms with van der Waals surface area (Å²) in [5.41, 5.74) is 3.05. The second-order valence-corrected chi connectivity index (χ2v) is 8.07. The topological polar surface area (TPSA) is 61.4 Å². The molecule has 0 bridgehead atoms. The number of piperidine rings is 1. The molecule has 0 atom stereocenters. The molecule has 1 spiro atoms. The first-order valence-corrected chi connectivity index (χ1v) is 10.2. The van der Waals surface area contributed by atoms with E-state index in [1.807, 2.05) is 24.5 Å². The van der Waals surface area contributed by atoms with Crippen molar-refractivity contribution in [3.05, 3.63) is 47.8 Å². The number of rotatable bonds is 3. The molecule has 0 saturated carbocycles. The van der Waals surface area contributed by atoms with E-state index in [1.54, 1.807) is 0 Å². The fraction of sp³-hybridized carbons (Fsp3) is 0.500. The Kier molecular flexibility index (Phi) is 5.42. The van der Waals surface area contributed by atoms with Gasteiger partial charge in [-0.15, -0.1) is 0 Å². The van der Waals surface area contributed by atoms with Gasteiger partial charge in [0.1, 0.15) is 5.54 Å². The van der Waals surface area contributed by atoms with Crippen LogP contribution in [0.25, 0.3) is 11.4 Å². The number of aromatic nitrogens is 2. The molecule has 2 aliphatic heterocycles. The van der Waals surface area contributed by atoms with Gasteiger partial charge in [-0.2, -0.15) is 0 Å². The van der Waals surface area contributed by atoms with E-state index in [-0.39, 0.29) is 11.4 Å². The zero-order chi connectivity index (χ0) is 19.6. The predicted molar refractivity (Wildman–Crippen MR) is 110 cm³/mol. The molecule has 2 aliphatic rings. The van der Waals surface area contributed by atoms with Gasteiger partial charge in [0.05, 0.1) is 0 Å². The minimum absolute atomic E-state index is 0.207. The van der Waals surface area contributed by atoms with Crippen molar-refractivity contribution in [2.24, 2.45) is 0 Å². The summed E-state index contributed by atoms with van der Waals surface area (Å²) in [6.07, 6.45) is 6.64. The van der Waals surface area contributed by atoms with Crippen molar-refractivity contribution in [2.75, 3.05) is 33.2 Å². The normalized spacial score (nSPS) is 20.7. The number of nitrogens with zero attached hydrogens (tertiary/aromatic N) is 4. The Morgan fingerprint density at radius 3 is 2.54 bits per heavy atom. The summed E-state index contributed by atoms with van der Waals surface area (Å²) in [5, 5.41) is 3.11. The van der Waals surface area contributed by atoms with Crippen LogP contribution in [-0.2, 0) is 11.3 Å². The Morgan fingerprint density at radius 1 is 1.11 bits per heavy atom. The number of aryl methyl sites for hydroxylation is 1. The largest absolute Gasteiger partial charge is 0.354 e. The number of hydrogen-bond donors (Lipinski definition) is 1. The molecule has 6 heteroatoms. The summed E-state index contributed by atoms with van der Waals surface area (Å²) in [6, 6.07) is 8.19. The maximum Gasteiger partial charge on any atom is 0.240 e. The fourth-order valence-electron chi connectivity index (χ4n) is 4.42. The van der Waals surface area contributed by atoms with Crippen LogP contribution in [0.15, 0.2) is 36.7 Å². The maximum absolute atomic E-state index is 12.7. The molecule has 4 rings (SSSR count). The van der Waals surface area contributed by atoms with Crippen molar-refractivity contribution in [2.45, 2.75) is 38.3 Å². The van der Waals surface area contributed by atoms with Crippen LogP contribution in [0.3, 0.4) is 0 Å². The van der Waals surface area contributed by atoms with Crippen molar-refractivity contribution in [1.29, 1.82) is 0 Å². The molecule has 2 fully saturated rings. The first-order chi connectivity index (χ1) is 13.6. The number of amides is 1. The van der Waals surface area contributed by atoms with Crippen LogP contribution in [0.1, 0.15) is 30.4 Å². The van der Waals surface area contributed by atoms with Gasteiger partial charge in [0.2, 0.25) is 5.91 Å². The zero-order valence-corrected chi connectivity index (χ0v) is 16.8. The van der Waals surface area contributed by atoms with Gasteiger partial charge in [-0.3, -0.25) is 14.6 Å². The molecule has 2 aromatic rings. The van der Waals surface area contributed by atoms with Crippen LogP contribution >= 0.6 is 0 Å². The SMILES string of the molecule is Cc1ccccc1-c1ncc(CN2CCC3(CC2)C(=O)NCCCN3C)cn1. The third-order valence-electron chi connectivity index (χ3n) is 6.29. The van der Waals surface area contributed by atoms with Crippen molar-refractivity contribution < 1.29 is 4.79 Å². The van der Waals surface area contributed by atoms with Gasteiger partial charge < -0.3 is 5.32 Å². The van der Waals surface area contributed by atoms with Gasteiger partial charge in [-0.1, -0.05) is 24.3 Å². The molecule has 148 valence electrons. The highest BCUT2D eigenvalue weighted by molar-refractivity contribution is 5.86. The average Bonchev–Trinajstić information content (AvgIpc) is 2.85. The van der Waals surface area contributed by atoms with Crippen molar-refractivity contribution in [3.8, 4) is 11.4 Å². The van der Waals surface area contributed by atoms with Crippen molar-refractivity contribution >= 4 is 5.91 Å². The molecule has 28 heavy (non-hydrogen) atoms. The Morgan fingerprint density at radius 2 is 1.82 bits per heavy atom. The quantitative estimate of drug-likeness (QED) is 0.886. The second kappa shape index (κ2) is 7.97. The molecule has 0 unspecified atom stereocenters. The summed E-state index contributed by atoms with van der Waals surface area (Å²) in [4.78, 5) is 26.5. The molecule has 3 heterocycles. The number of carbonyl (C=O) groups is 1. The average molecular weight is 380 g/mol. The van der Waals surface area contributed by atoms with E-state index in [2.05, 4.69) is 51.2 Å². The van der Waals surface area contributed by atoms with Gasteiger partial charge in [-0.05, 0) is 38.8 Å². The van der Waals surface area contributed by atoms with E-state index in [0.717, 1.165) is 68.9 Å². The van der Waals surface area contributed by atoms with Gasteiger partial charge in [0.15, 0.2) is 5.82 Å². The Hall–Kier alpha value is -2.31. The van der Waals surface area contributed by atoms with Crippen LogP contribution in [0, 0.1) is 6.92 Å². The van der Waals surface area contributed by atoms with Crippen LogP contribution < -0.4 is 5.32 Å². The standard InChI is InChI=1S/C22H29N5O/c1-17-6-3-4-7-19(17)20-24-14-18(15-25-20)16-27-12-8-22(9-13-27)21(28)23-10-5-11-26(22)2/h3-4,6-7,14-15H,5,8-13,16H2,1-2H3,(H,23,28). The number of carbonyl (C=O) groups excluding carboxylic acids is 1. The molecule has 0 radical (unpaired) electrons. The number of benzene rings is 1. The first kappa shape index (κ1) is 19.0. The lowest BCUT2D eigenvalue weighted by atomic mass is 9.85. The summed E-state index contributed by atoms with van der Waals surface area (Å²) < 4.78 is 0. The molecule has 1 aromatic carbocycles. The fourth-order valence-corrected chi connectivity index (χ4v) is 4.42. The summed E-state index contributed by atoms with van der Waals surface area (Å²) >= 11 is 0. The molecule has 1 amide bonds. The highest BCUT2D eigenvalue weighted by Crippen LogP contribution is 2.30. The molecule has 2 saturated heterocycles. The summed E-state index contributed by atoms with van der Waals surface area (Å²) in [7, 11) is 2.10. The highest BCUT2D eigenvalue weighted by atomic mass is 16.2. The Balaban J connectivity index is 1.40. The van der Waals surface area contributed by atoms with Gasteiger partial charge in [-0.25, -0.2) is 9.97 Å². The minimum atomic E-state index is -0.335. The van der Waals surface area contributed by atoms with Gasteiger partial charge in [0, 0.05) is 56.2 Å². The van der Waals surface area contributed by atoms with E-state index in [9.17, 15) is 4.79 Å². The Labute approximate surface area is 167 Å². The third-order valence-corrected chi connectivity index (χ3v) is 6.29. The lowest BCUT2D eigenvalue weighted by Crippen LogP contribution is -2.60. The second-order valence-electron chi connectivity index (χ2n) is 8.07. The molecule has 0 aliphatic carbocycles. The van der Waals surface area contributed by atoms with Gasteiger partial charge >= 0.3 is 0 Å². The number of hydrogen-bond acceptors (Lipinski definition) is 5. The van der Waals surface area contributed by atoms with E-state index < -0.39 is 0 Å². The van der Waals surface area contributed by atoms with E-state index in [1.165, 1.54) is 5.56 Å². The lowest BCUT2D eigenvalue weighted by Gasteiger charge is -2.45.